The van der Waals surface area contributed by atoms with Gasteiger partial charge in [-0.1, -0.05) is 6.92 Å². The highest BCUT2D eigenvalue weighted by atomic mass is 32.1. The molecule has 0 spiro atoms. The third-order valence-corrected chi connectivity index (χ3v) is 5.21. The molecule has 21 heavy (non-hydrogen) atoms. The number of amides is 1. The highest BCUT2D eigenvalue weighted by Gasteiger charge is 2.26. The molecule has 1 aliphatic heterocycles. The molecule has 0 radical (unpaired) electrons. The Bertz CT molecular complexity index is 459. The summed E-state index contributed by atoms with van der Waals surface area (Å²) in [7, 11) is 0. The fraction of sp³-hybridized carbons (Fsp3) is 0.688. The first-order chi connectivity index (χ1) is 10.1. The summed E-state index contributed by atoms with van der Waals surface area (Å²) in [6.45, 7) is 5.99. The molecule has 4 nitrogen and oxygen atoms in total. The van der Waals surface area contributed by atoms with Crippen molar-refractivity contribution in [1.82, 2.24) is 10.2 Å². The van der Waals surface area contributed by atoms with E-state index in [9.17, 15) is 9.90 Å². The fourth-order valence-corrected chi connectivity index (χ4v) is 3.79. The number of aryl methyl sites for hydroxylation is 1. The average Bonchev–Trinajstić information content (AvgIpc) is 3.06. The van der Waals surface area contributed by atoms with Crippen LogP contribution in [0.25, 0.3) is 0 Å². The number of carbonyl (C=O) groups is 1. The molecule has 1 aromatic rings. The Morgan fingerprint density at radius 1 is 1.52 bits per heavy atom. The van der Waals surface area contributed by atoms with Gasteiger partial charge in [-0.25, -0.2) is 0 Å². The molecule has 0 saturated carbocycles. The van der Waals surface area contributed by atoms with E-state index in [0.29, 0.717) is 19.1 Å². The molecule has 2 unspecified atom stereocenters. The van der Waals surface area contributed by atoms with Crippen molar-refractivity contribution in [3.63, 3.8) is 0 Å². The molecule has 0 aliphatic carbocycles. The van der Waals surface area contributed by atoms with E-state index in [1.165, 1.54) is 9.75 Å². The van der Waals surface area contributed by atoms with Crippen LogP contribution in [0.3, 0.4) is 0 Å². The maximum absolute atomic E-state index is 12.1. The third kappa shape index (κ3) is 5.09. The van der Waals surface area contributed by atoms with Gasteiger partial charge in [0.15, 0.2) is 0 Å². The van der Waals surface area contributed by atoms with Crippen molar-refractivity contribution < 1.29 is 9.90 Å². The van der Waals surface area contributed by atoms with Gasteiger partial charge in [0.2, 0.25) is 5.91 Å². The lowest BCUT2D eigenvalue weighted by Crippen LogP contribution is -2.40. The SMILES string of the molecule is CCc1ccc(CNC(=O)CN2CCCC2CC(C)O)s1. The smallest absolute Gasteiger partial charge is 0.234 e. The van der Waals surface area contributed by atoms with Crippen LogP contribution in [-0.2, 0) is 17.8 Å². The normalized spacial score (nSPS) is 20.6. The van der Waals surface area contributed by atoms with Crippen molar-refractivity contribution in [3.8, 4) is 0 Å². The van der Waals surface area contributed by atoms with Crippen LogP contribution in [0.4, 0.5) is 0 Å². The summed E-state index contributed by atoms with van der Waals surface area (Å²) in [5, 5.41) is 12.5. The predicted octanol–water partition coefficient (Wildman–Crippen LogP) is 2.16. The molecule has 2 heterocycles. The van der Waals surface area contributed by atoms with Crippen molar-refractivity contribution >= 4 is 17.2 Å². The van der Waals surface area contributed by atoms with Crippen LogP contribution < -0.4 is 5.32 Å². The van der Waals surface area contributed by atoms with E-state index in [1.807, 2.05) is 6.92 Å². The number of aliphatic hydroxyl groups is 1. The number of rotatable bonds is 7. The fourth-order valence-electron chi connectivity index (χ4n) is 2.90. The minimum absolute atomic E-state index is 0.0824. The zero-order chi connectivity index (χ0) is 15.2. The number of hydrogen-bond acceptors (Lipinski definition) is 4. The summed E-state index contributed by atoms with van der Waals surface area (Å²) < 4.78 is 0. The molecule has 2 atom stereocenters. The molecule has 1 aromatic heterocycles. The average molecular weight is 310 g/mol. The van der Waals surface area contributed by atoms with Gasteiger partial charge in [-0.3, -0.25) is 9.69 Å². The molecule has 1 saturated heterocycles. The molecule has 1 aliphatic rings. The van der Waals surface area contributed by atoms with Crippen LogP contribution >= 0.6 is 11.3 Å². The summed E-state index contributed by atoms with van der Waals surface area (Å²) >= 11 is 1.77. The first kappa shape index (κ1) is 16.5. The Kier molecular flexibility index (Phi) is 6.21. The molecule has 1 fully saturated rings. The van der Waals surface area contributed by atoms with Gasteiger partial charge >= 0.3 is 0 Å². The molecule has 1 amide bonds. The van der Waals surface area contributed by atoms with Gasteiger partial charge in [0.05, 0.1) is 19.2 Å². The highest BCUT2D eigenvalue weighted by molar-refractivity contribution is 7.11. The van der Waals surface area contributed by atoms with Crippen molar-refractivity contribution in [2.75, 3.05) is 13.1 Å². The maximum Gasteiger partial charge on any atom is 0.234 e. The predicted molar refractivity (Wildman–Crippen MR) is 86.4 cm³/mol. The van der Waals surface area contributed by atoms with Crippen molar-refractivity contribution in [3.05, 3.63) is 21.9 Å². The lowest BCUT2D eigenvalue weighted by molar-refractivity contribution is -0.122. The zero-order valence-electron chi connectivity index (χ0n) is 13.0. The van der Waals surface area contributed by atoms with E-state index in [-0.39, 0.29) is 12.0 Å². The van der Waals surface area contributed by atoms with Crippen molar-refractivity contribution in [1.29, 1.82) is 0 Å². The quantitative estimate of drug-likeness (QED) is 0.811. The first-order valence-corrected chi connectivity index (χ1v) is 8.66. The van der Waals surface area contributed by atoms with Crippen LogP contribution in [0.2, 0.25) is 0 Å². The van der Waals surface area contributed by atoms with E-state index in [0.717, 1.165) is 32.2 Å². The lowest BCUT2D eigenvalue weighted by atomic mass is 10.1. The Morgan fingerprint density at radius 3 is 2.95 bits per heavy atom. The largest absolute Gasteiger partial charge is 0.393 e. The second kappa shape index (κ2) is 7.92. The summed E-state index contributed by atoms with van der Waals surface area (Å²) in [4.78, 5) is 16.8. The number of thiophene rings is 1. The van der Waals surface area contributed by atoms with Gasteiger partial charge < -0.3 is 10.4 Å². The summed E-state index contributed by atoms with van der Waals surface area (Å²) in [6.07, 6.45) is 3.72. The van der Waals surface area contributed by atoms with Crippen molar-refractivity contribution in [2.24, 2.45) is 0 Å². The number of hydrogen-bond donors (Lipinski definition) is 2. The second-order valence-electron chi connectivity index (χ2n) is 5.85. The number of nitrogens with one attached hydrogen (secondary N) is 1. The molecule has 0 aromatic carbocycles. The van der Waals surface area contributed by atoms with Crippen molar-refractivity contribution in [2.45, 2.75) is 58.2 Å². The molecular formula is C16H26N2O2S. The van der Waals surface area contributed by atoms with Gasteiger partial charge in [-0.05, 0) is 51.3 Å². The summed E-state index contributed by atoms with van der Waals surface area (Å²) in [5.74, 6) is 0.0824. The summed E-state index contributed by atoms with van der Waals surface area (Å²) in [5.41, 5.74) is 0. The standard InChI is InChI=1S/C16H26N2O2S/c1-3-14-6-7-15(21-14)10-17-16(20)11-18-8-4-5-13(18)9-12(2)19/h6-7,12-13,19H,3-5,8-11H2,1-2H3,(H,17,20). The number of nitrogens with zero attached hydrogens (tertiary/aromatic N) is 1. The Balaban J connectivity index is 1.76. The second-order valence-corrected chi connectivity index (χ2v) is 7.10. The maximum atomic E-state index is 12.1. The van der Waals surface area contributed by atoms with Crippen LogP contribution in [0.15, 0.2) is 12.1 Å². The first-order valence-electron chi connectivity index (χ1n) is 7.85. The van der Waals surface area contributed by atoms with E-state index in [1.54, 1.807) is 11.3 Å². The highest BCUT2D eigenvalue weighted by Crippen LogP contribution is 2.21. The summed E-state index contributed by atoms with van der Waals surface area (Å²) in [6, 6.07) is 4.57. The Morgan fingerprint density at radius 2 is 2.29 bits per heavy atom. The van der Waals surface area contributed by atoms with Gasteiger partial charge in [0, 0.05) is 15.8 Å². The van der Waals surface area contributed by atoms with E-state index < -0.39 is 0 Å². The van der Waals surface area contributed by atoms with Gasteiger partial charge in [0.1, 0.15) is 0 Å². The minimum Gasteiger partial charge on any atom is -0.393 e. The lowest BCUT2D eigenvalue weighted by Gasteiger charge is -2.24. The van der Waals surface area contributed by atoms with Gasteiger partial charge in [-0.2, -0.15) is 0 Å². The molecule has 2 rings (SSSR count). The van der Waals surface area contributed by atoms with Gasteiger partial charge in [-0.15, -0.1) is 11.3 Å². The topological polar surface area (TPSA) is 52.6 Å². The minimum atomic E-state index is -0.294. The van der Waals surface area contributed by atoms with Gasteiger partial charge in [0.25, 0.3) is 0 Å². The molecule has 0 bridgehead atoms. The van der Waals surface area contributed by atoms with E-state index in [2.05, 4.69) is 29.3 Å². The van der Waals surface area contributed by atoms with E-state index >= 15 is 0 Å². The molecule has 5 heteroatoms. The zero-order valence-corrected chi connectivity index (χ0v) is 13.8. The van der Waals surface area contributed by atoms with Crippen LogP contribution in [0, 0.1) is 0 Å². The Hall–Kier alpha value is -0.910. The molecule has 2 N–H and O–H groups in total. The number of carbonyl (C=O) groups excluding carboxylic acids is 1. The number of likely N-dealkylation sites (tertiary alicyclic amines) is 1. The molecular weight excluding hydrogens is 284 g/mol. The van der Waals surface area contributed by atoms with Crippen LogP contribution in [0.1, 0.15) is 42.9 Å². The monoisotopic (exact) mass is 310 g/mol. The Labute approximate surface area is 131 Å². The van der Waals surface area contributed by atoms with E-state index in [4.69, 9.17) is 0 Å². The van der Waals surface area contributed by atoms with Crippen LogP contribution in [0.5, 0.6) is 0 Å². The van der Waals surface area contributed by atoms with Crippen LogP contribution in [-0.4, -0.2) is 41.1 Å². The third-order valence-electron chi connectivity index (χ3n) is 3.98. The molecule has 118 valence electrons. The number of aliphatic hydroxyl groups excluding tert-OH is 1.